The lowest BCUT2D eigenvalue weighted by Gasteiger charge is -2.06. The van der Waals surface area contributed by atoms with Gasteiger partial charge in [0.25, 0.3) is 5.91 Å². The van der Waals surface area contributed by atoms with Crippen LogP contribution in [0.2, 0.25) is 5.02 Å². The topological polar surface area (TPSA) is 107 Å². The molecule has 0 fully saturated rings. The summed E-state index contributed by atoms with van der Waals surface area (Å²) in [5.74, 6) is -0.447. The van der Waals surface area contributed by atoms with Gasteiger partial charge < -0.3 is 9.15 Å². The van der Waals surface area contributed by atoms with Crippen LogP contribution in [0.15, 0.2) is 44.3 Å². The Morgan fingerprint density at radius 3 is 2.91 bits per heavy atom. The first-order chi connectivity index (χ1) is 11.0. The number of nitrogens with one attached hydrogen (secondary N) is 1. The molecule has 8 nitrogen and oxygen atoms in total. The molecule has 0 aliphatic carbocycles. The van der Waals surface area contributed by atoms with Gasteiger partial charge in [0.1, 0.15) is 10.7 Å². The van der Waals surface area contributed by atoms with E-state index >= 15 is 0 Å². The van der Waals surface area contributed by atoms with Crippen molar-refractivity contribution in [2.24, 2.45) is 5.10 Å². The molecule has 1 N–H and O–H groups in total. The average molecular weight is 403 g/mol. The predicted octanol–water partition coefficient (Wildman–Crippen LogP) is 3.13. The maximum atomic E-state index is 11.6. The first kappa shape index (κ1) is 17.0. The molecule has 0 saturated heterocycles. The van der Waals surface area contributed by atoms with Crippen molar-refractivity contribution in [2.45, 2.75) is 0 Å². The van der Waals surface area contributed by atoms with Crippen LogP contribution in [0.4, 0.5) is 5.88 Å². The summed E-state index contributed by atoms with van der Waals surface area (Å²) in [6.07, 6.45) is 1.14. The standard InChI is InChI=1S/C13H9BrClN3O5/c14-8-1-3-11(10(15)5-8)22-7-12(19)17-16-6-9-2-4-13(23-9)18(20)21/h1-6H,7H2,(H,17,19). The van der Waals surface area contributed by atoms with Crippen molar-refractivity contribution < 1.29 is 18.9 Å². The Labute approximate surface area is 143 Å². The quantitative estimate of drug-likeness (QED) is 0.454. The number of nitro groups is 1. The highest BCUT2D eigenvalue weighted by Gasteiger charge is 2.10. The minimum Gasteiger partial charge on any atom is -0.482 e. The van der Waals surface area contributed by atoms with E-state index in [0.717, 1.165) is 10.7 Å². The zero-order chi connectivity index (χ0) is 16.8. The second kappa shape index (κ2) is 7.75. The van der Waals surface area contributed by atoms with Crippen LogP contribution in [-0.2, 0) is 4.79 Å². The molecule has 120 valence electrons. The van der Waals surface area contributed by atoms with E-state index in [0.29, 0.717) is 10.8 Å². The number of carbonyl (C=O) groups is 1. The molecule has 0 bridgehead atoms. The predicted molar refractivity (Wildman–Crippen MR) is 85.7 cm³/mol. The number of halogens is 2. The molecule has 1 heterocycles. The lowest BCUT2D eigenvalue weighted by atomic mass is 10.3. The summed E-state index contributed by atoms with van der Waals surface area (Å²) in [6.45, 7) is -0.295. The fraction of sp³-hybridized carbons (Fsp3) is 0.0769. The Morgan fingerprint density at radius 1 is 1.48 bits per heavy atom. The molecule has 1 aromatic carbocycles. The number of carbonyl (C=O) groups excluding carboxylic acids is 1. The van der Waals surface area contributed by atoms with Crippen LogP contribution < -0.4 is 10.2 Å². The minimum atomic E-state index is -0.675. The lowest BCUT2D eigenvalue weighted by molar-refractivity contribution is -0.402. The highest BCUT2D eigenvalue weighted by atomic mass is 79.9. The van der Waals surface area contributed by atoms with Gasteiger partial charge in [-0.15, -0.1) is 0 Å². The van der Waals surface area contributed by atoms with E-state index < -0.39 is 16.7 Å². The third-order valence-corrected chi connectivity index (χ3v) is 3.21. The van der Waals surface area contributed by atoms with Crippen LogP contribution >= 0.6 is 27.5 Å². The molecule has 10 heteroatoms. The van der Waals surface area contributed by atoms with E-state index in [-0.39, 0.29) is 12.4 Å². The average Bonchev–Trinajstić information content (AvgIpc) is 2.95. The zero-order valence-corrected chi connectivity index (χ0v) is 13.7. The van der Waals surface area contributed by atoms with Gasteiger partial charge in [-0.2, -0.15) is 5.10 Å². The number of hydrogen-bond acceptors (Lipinski definition) is 6. The third kappa shape index (κ3) is 5.08. The van der Waals surface area contributed by atoms with Crippen molar-refractivity contribution in [1.29, 1.82) is 0 Å². The van der Waals surface area contributed by atoms with Crippen molar-refractivity contribution in [1.82, 2.24) is 5.43 Å². The largest absolute Gasteiger partial charge is 0.482 e. The van der Waals surface area contributed by atoms with Gasteiger partial charge in [0.2, 0.25) is 0 Å². The third-order valence-electron chi connectivity index (χ3n) is 2.43. The number of nitrogens with zero attached hydrogens (tertiary/aromatic N) is 2. The maximum absolute atomic E-state index is 11.6. The zero-order valence-electron chi connectivity index (χ0n) is 11.4. The summed E-state index contributed by atoms with van der Waals surface area (Å²) in [5.41, 5.74) is 2.19. The highest BCUT2D eigenvalue weighted by Crippen LogP contribution is 2.27. The molecule has 0 aliphatic rings. The first-order valence-corrected chi connectivity index (χ1v) is 7.27. The molecule has 0 radical (unpaired) electrons. The molecule has 0 saturated carbocycles. The molecule has 1 amide bonds. The van der Waals surface area contributed by atoms with Gasteiger partial charge in [-0.3, -0.25) is 14.9 Å². The van der Waals surface area contributed by atoms with Crippen molar-refractivity contribution in [3.63, 3.8) is 0 Å². The molecule has 23 heavy (non-hydrogen) atoms. The summed E-state index contributed by atoms with van der Waals surface area (Å²) in [7, 11) is 0. The SMILES string of the molecule is O=C(COc1ccc(Br)cc1Cl)NN=Cc1ccc([N+](=O)[O-])o1. The molecular weight excluding hydrogens is 394 g/mol. The highest BCUT2D eigenvalue weighted by molar-refractivity contribution is 9.10. The molecule has 0 atom stereocenters. The van der Waals surface area contributed by atoms with Crippen LogP contribution in [0.5, 0.6) is 5.75 Å². The van der Waals surface area contributed by atoms with Crippen LogP contribution in [-0.4, -0.2) is 23.7 Å². The second-order valence-corrected chi connectivity index (χ2v) is 5.41. The Hall–Kier alpha value is -2.39. The number of ether oxygens (including phenoxy) is 1. The number of rotatable bonds is 6. The molecule has 0 aliphatic heterocycles. The van der Waals surface area contributed by atoms with Gasteiger partial charge in [-0.1, -0.05) is 27.5 Å². The lowest BCUT2D eigenvalue weighted by Crippen LogP contribution is -2.24. The first-order valence-electron chi connectivity index (χ1n) is 6.09. The van der Waals surface area contributed by atoms with Gasteiger partial charge in [-0.05, 0) is 24.3 Å². The Balaban J connectivity index is 1.82. The summed E-state index contributed by atoms with van der Waals surface area (Å²) >= 11 is 9.20. The van der Waals surface area contributed by atoms with E-state index in [4.69, 9.17) is 20.8 Å². The van der Waals surface area contributed by atoms with E-state index in [1.807, 2.05) is 0 Å². The molecule has 2 rings (SSSR count). The fourth-order valence-electron chi connectivity index (χ4n) is 1.45. The minimum absolute atomic E-state index is 0.133. The molecule has 2 aromatic rings. The second-order valence-electron chi connectivity index (χ2n) is 4.09. The van der Waals surface area contributed by atoms with Crippen LogP contribution in [0.1, 0.15) is 5.76 Å². The summed E-state index contributed by atoms with van der Waals surface area (Å²) in [5, 5.41) is 14.4. The number of benzene rings is 1. The van der Waals surface area contributed by atoms with Crippen LogP contribution in [0, 0.1) is 10.1 Å². The van der Waals surface area contributed by atoms with Crippen molar-refractivity contribution in [3.05, 3.63) is 55.7 Å². The van der Waals surface area contributed by atoms with Gasteiger partial charge in [0, 0.05) is 4.47 Å². The molecule has 1 aromatic heterocycles. The number of hydrazone groups is 1. The van der Waals surface area contributed by atoms with Gasteiger partial charge in [0.15, 0.2) is 12.4 Å². The van der Waals surface area contributed by atoms with E-state index in [1.165, 1.54) is 12.1 Å². The van der Waals surface area contributed by atoms with E-state index in [1.54, 1.807) is 18.2 Å². The van der Waals surface area contributed by atoms with Crippen LogP contribution in [0.25, 0.3) is 0 Å². The summed E-state index contributed by atoms with van der Waals surface area (Å²) in [6, 6.07) is 7.51. The maximum Gasteiger partial charge on any atom is 0.433 e. The monoisotopic (exact) mass is 401 g/mol. The molecule has 0 unspecified atom stereocenters. The van der Waals surface area contributed by atoms with Crippen molar-refractivity contribution in [2.75, 3.05) is 6.61 Å². The van der Waals surface area contributed by atoms with Crippen molar-refractivity contribution in [3.8, 4) is 5.75 Å². The fourth-order valence-corrected chi connectivity index (χ4v) is 2.17. The normalized spacial score (nSPS) is 10.7. The Bertz CT molecular complexity index is 762. The van der Waals surface area contributed by atoms with E-state index in [9.17, 15) is 14.9 Å². The van der Waals surface area contributed by atoms with Crippen molar-refractivity contribution >= 4 is 45.5 Å². The Kier molecular flexibility index (Phi) is 5.72. The number of furan rings is 1. The van der Waals surface area contributed by atoms with Gasteiger partial charge in [-0.25, -0.2) is 5.43 Å². The van der Waals surface area contributed by atoms with Gasteiger partial charge >= 0.3 is 5.88 Å². The molecular formula is C13H9BrClN3O5. The molecule has 0 spiro atoms. The Morgan fingerprint density at radius 2 is 2.26 bits per heavy atom. The van der Waals surface area contributed by atoms with Gasteiger partial charge in [0.05, 0.1) is 17.3 Å². The smallest absolute Gasteiger partial charge is 0.433 e. The van der Waals surface area contributed by atoms with E-state index in [2.05, 4.69) is 26.5 Å². The number of hydrogen-bond donors (Lipinski definition) is 1. The summed E-state index contributed by atoms with van der Waals surface area (Å²) in [4.78, 5) is 21.3. The summed E-state index contributed by atoms with van der Waals surface area (Å²) < 4.78 is 10.9. The van der Waals surface area contributed by atoms with Crippen LogP contribution in [0.3, 0.4) is 0 Å². The number of amides is 1.